The van der Waals surface area contributed by atoms with Crippen molar-refractivity contribution in [3.8, 4) is 0 Å². The largest absolute Gasteiger partial charge is 0.397 e. The molecule has 0 aliphatic heterocycles. The predicted molar refractivity (Wildman–Crippen MR) is 169 cm³/mol. The minimum atomic E-state index is -0.219. The number of para-hydroxylation sites is 2. The molecule has 8 nitrogen and oxygen atoms in total. The van der Waals surface area contributed by atoms with Crippen molar-refractivity contribution in [2.45, 2.75) is 32.7 Å². The lowest BCUT2D eigenvalue weighted by molar-refractivity contribution is 0.0945. The molecule has 7 N–H and O–H groups in total. The van der Waals surface area contributed by atoms with Crippen LogP contribution in [0.1, 0.15) is 47.4 Å². The number of hydrogen-bond acceptors (Lipinski definition) is 6. The molecule has 1 atom stereocenters. The van der Waals surface area contributed by atoms with E-state index in [1.165, 1.54) is 0 Å². The number of nitrogens with two attached hydrogens (primary N) is 1. The second-order valence-electron chi connectivity index (χ2n) is 9.91. The predicted octanol–water partition coefficient (Wildman–Crippen LogP) is 6.52. The molecule has 1 unspecified atom stereocenters. The van der Waals surface area contributed by atoms with Gasteiger partial charge >= 0.3 is 0 Å². The van der Waals surface area contributed by atoms with Crippen LogP contribution in [-0.4, -0.2) is 30.9 Å². The van der Waals surface area contributed by atoms with Crippen LogP contribution >= 0.6 is 0 Å². The van der Waals surface area contributed by atoms with Crippen molar-refractivity contribution >= 4 is 45.9 Å². The van der Waals surface area contributed by atoms with Gasteiger partial charge in [0.2, 0.25) is 0 Å². The fourth-order valence-electron chi connectivity index (χ4n) is 4.23. The summed E-state index contributed by atoms with van der Waals surface area (Å²) in [5.41, 5.74) is 11.9. The second-order valence-corrected chi connectivity index (χ2v) is 9.91. The van der Waals surface area contributed by atoms with Crippen molar-refractivity contribution in [1.29, 1.82) is 0 Å². The number of carbonyl (C=O) groups is 2. The van der Waals surface area contributed by atoms with Gasteiger partial charge in [-0.2, -0.15) is 0 Å². The van der Waals surface area contributed by atoms with E-state index in [1.807, 2.05) is 85.8 Å². The molecule has 0 aliphatic rings. The maximum absolute atomic E-state index is 12.9. The van der Waals surface area contributed by atoms with Crippen LogP contribution in [0.3, 0.4) is 0 Å². The standard InChI is InChI=1S/C33H38N6O2/c1-3-4-19-35-32(40)25-16-18-30(39-27-13-9-6-10-14-27)31(21-25)37-23(2)22-36-33(41)24-15-17-29(28(34)20-24)38-26-11-7-5-8-12-26/h5-18,20-21,23,37-39H,3-4,19,22,34H2,1-2H3,(H,35,40)(H,36,41). The van der Waals surface area contributed by atoms with Crippen LogP contribution in [0.25, 0.3) is 0 Å². The molecule has 0 saturated carbocycles. The van der Waals surface area contributed by atoms with Gasteiger partial charge in [0.25, 0.3) is 11.8 Å². The molecule has 2 amide bonds. The van der Waals surface area contributed by atoms with E-state index in [-0.39, 0.29) is 17.9 Å². The van der Waals surface area contributed by atoms with Gasteiger partial charge in [-0.15, -0.1) is 0 Å². The quantitative estimate of drug-likeness (QED) is 0.0833. The molecule has 0 aromatic heterocycles. The molecule has 0 heterocycles. The number of nitrogens with one attached hydrogen (secondary N) is 5. The lowest BCUT2D eigenvalue weighted by Gasteiger charge is -2.20. The fourth-order valence-corrected chi connectivity index (χ4v) is 4.23. The molecule has 0 fully saturated rings. The number of amides is 2. The zero-order valence-electron chi connectivity index (χ0n) is 23.5. The Kier molecular flexibility index (Phi) is 10.2. The van der Waals surface area contributed by atoms with Crippen LogP contribution in [0, 0.1) is 0 Å². The number of anilines is 6. The average molecular weight is 551 g/mol. The maximum Gasteiger partial charge on any atom is 0.251 e. The molecular formula is C33H38N6O2. The molecule has 212 valence electrons. The Morgan fingerprint density at radius 1 is 0.707 bits per heavy atom. The first-order valence-corrected chi connectivity index (χ1v) is 13.9. The molecule has 4 aromatic carbocycles. The summed E-state index contributed by atoms with van der Waals surface area (Å²) in [5.74, 6) is -0.334. The average Bonchev–Trinajstić information content (AvgIpc) is 2.99. The summed E-state index contributed by atoms with van der Waals surface area (Å²) in [6, 6.07) is 30.2. The summed E-state index contributed by atoms with van der Waals surface area (Å²) in [6.45, 7) is 5.06. The highest BCUT2D eigenvalue weighted by molar-refractivity contribution is 5.97. The highest BCUT2D eigenvalue weighted by atomic mass is 16.2. The normalized spacial score (nSPS) is 11.3. The van der Waals surface area contributed by atoms with Crippen LogP contribution in [0.15, 0.2) is 97.1 Å². The third kappa shape index (κ3) is 8.50. The van der Waals surface area contributed by atoms with Gasteiger partial charge < -0.3 is 32.3 Å². The summed E-state index contributed by atoms with van der Waals surface area (Å²) < 4.78 is 0. The minimum Gasteiger partial charge on any atom is -0.397 e. The molecule has 0 radical (unpaired) electrons. The Bertz CT molecular complexity index is 1440. The van der Waals surface area contributed by atoms with Gasteiger partial charge in [-0.25, -0.2) is 0 Å². The van der Waals surface area contributed by atoms with E-state index >= 15 is 0 Å². The lowest BCUT2D eigenvalue weighted by Crippen LogP contribution is -2.35. The number of benzene rings is 4. The summed E-state index contributed by atoms with van der Waals surface area (Å²) >= 11 is 0. The molecule has 4 rings (SSSR count). The van der Waals surface area contributed by atoms with Crippen molar-refractivity contribution in [2.24, 2.45) is 0 Å². The Labute approximate surface area is 241 Å². The van der Waals surface area contributed by atoms with E-state index in [0.717, 1.165) is 41.3 Å². The van der Waals surface area contributed by atoms with Gasteiger partial charge in [0.1, 0.15) is 0 Å². The summed E-state index contributed by atoms with van der Waals surface area (Å²) in [5, 5.41) is 16.1. The molecule has 4 aromatic rings. The molecule has 0 spiro atoms. The van der Waals surface area contributed by atoms with Crippen LogP contribution in [-0.2, 0) is 0 Å². The van der Waals surface area contributed by atoms with Gasteiger partial charge in [-0.3, -0.25) is 9.59 Å². The zero-order valence-corrected chi connectivity index (χ0v) is 23.5. The number of nitrogen functional groups attached to an aromatic ring is 1. The van der Waals surface area contributed by atoms with Gasteiger partial charge in [-0.1, -0.05) is 49.7 Å². The minimum absolute atomic E-state index is 0.114. The molecule has 0 saturated heterocycles. The lowest BCUT2D eigenvalue weighted by atomic mass is 10.1. The van der Waals surface area contributed by atoms with Crippen LogP contribution in [0.5, 0.6) is 0 Å². The molecule has 0 aliphatic carbocycles. The number of carbonyl (C=O) groups excluding carboxylic acids is 2. The Morgan fingerprint density at radius 2 is 1.27 bits per heavy atom. The topological polar surface area (TPSA) is 120 Å². The van der Waals surface area contributed by atoms with Crippen molar-refractivity contribution in [3.05, 3.63) is 108 Å². The van der Waals surface area contributed by atoms with Gasteiger partial charge in [0, 0.05) is 41.6 Å². The van der Waals surface area contributed by atoms with Crippen LogP contribution < -0.4 is 32.3 Å². The van der Waals surface area contributed by atoms with Gasteiger partial charge in [0.05, 0.1) is 22.7 Å². The number of hydrogen-bond donors (Lipinski definition) is 6. The molecule has 41 heavy (non-hydrogen) atoms. The molecule has 0 bridgehead atoms. The third-order valence-electron chi connectivity index (χ3n) is 6.49. The van der Waals surface area contributed by atoms with Crippen LogP contribution in [0.4, 0.5) is 34.1 Å². The number of rotatable bonds is 13. The highest BCUT2D eigenvalue weighted by Gasteiger charge is 2.14. The van der Waals surface area contributed by atoms with Crippen molar-refractivity contribution in [1.82, 2.24) is 10.6 Å². The maximum atomic E-state index is 12.9. The van der Waals surface area contributed by atoms with E-state index in [2.05, 4.69) is 33.5 Å². The monoisotopic (exact) mass is 550 g/mol. The smallest absolute Gasteiger partial charge is 0.251 e. The first kappa shape index (κ1) is 29.0. The molecular weight excluding hydrogens is 512 g/mol. The number of unbranched alkanes of at least 4 members (excludes halogenated alkanes) is 1. The SMILES string of the molecule is CCCCNC(=O)c1ccc(Nc2ccccc2)c(NC(C)CNC(=O)c2ccc(Nc3ccccc3)c(N)c2)c1. The van der Waals surface area contributed by atoms with Crippen molar-refractivity contribution in [2.75, 3.05) is 34.8 Å². The van der Waals surface area contributed by atoms with E-state index < -0.39 is 0 Å². The third-order valence-corrected chi connectivity index (χ3v) is 6.49. The van der Waals surface area contributed by atoms with E-state index in [4.69, 9.17) is 5.73 Å². The second kappa shape index (κ2) is 14.4. The first-order chi connectivity index (χ1) is 19.9. The van der Waals surface area contributed by atoms with Crippen LogP contribution in [0.2, 0.25) is 0 Å². The Morgan fingerprint density at radius 3 is 1.88 bits per heavy atom. The summed E-state index contributed by atoms with van der Waals surface area (Å²) in [4.78, 5) is 25.6. The van der Waals surface area contributed by atoms with Gasteiger partial charge in [-0.05, 0) is 74.0 Å². The summed E-state index contributed by atoms with van der Waals surface area (Å²) in [7, 11) is 0. The van der Waals surface area contributed by atoms with E-state index in [9.17, 15) is 9.59 Å². The van der Waals surface area contributed by atoms with E-state index in [1.54, 1.807) is 18.2 Å². The van der Waals surface area contributed by atoms with Crippen molar-refractivity contribution in [3.63, 3.8) is 0 Å². The Balaban J connectivity index is 1.41. The molecule has 8 heteroatoms. The van der Waals surface area contributed by atoms with E-state index in [0.29, 0.717) is 29.9 Å². The summed E-state index contributed by atoms with van der Waals surface area (Å²) in [6.07, 6.45) is 1.94. The Hall–Kier alpha value is -4.98. The highest BCUT2D eigenvalue weighted by Crippen LogP contribution is 2.28. The first-order valence-electron chi connectivity index (χ1n) is 13.9. The fraction of sp³-hybridized carbons (Fsp3) is 0.212. The van der Waals surface area contributed by atoms with Crippen molar-refractivity contribution < 1.29 is 9.59 Å². The zero-order chi connectivity index (χ0) is 29.0. The van der Waals surface area contributed by atoms with Gasteiger partial charge in [0.15, 0.2) is 0 Å².